The van der Waals surface area contributed by atoms with Crippen molar-refractivity contribution in [1.29, 1.82) is 0 Å². The van der Waals surface area contributed by atoms with Gasteiger partial charge in [0.2, 0.25) is 0 Å². The standard InChI is InChI=1S/C16H26N2O3/c1-11(19)5-6-13-14(21-16(2,3)4)9-15(20)18(13)12-7-8-17-10-12/h9,12-13,17H,5-8,10H2,1-4H3/t12-,13-/m0/s1. The zero-order valence-electron chi connectivity index (χ0n) is 13.4. The first-order valence-electron chi connectivity index (χ1n) is 7.71. The number of nitrogens with one attached hydrogen (secondary N) is 1. The summed E-state index contributed by atoms with van der Waals surface area (Å²) in [5, 5.41) is 3.29. The molecule has 5 nitrogen and oxygen atoms in total. The highest BCUT2D eigenvalue weighted by atomic mass is 16.5. The van der Waals surface area contributed by atoms with Gasteiger partial charge in [-0.05, 0) is 47.1 Å². The molecule has 0 spiro atoms. The van der Waals surface area contributed by atoms with Crippen molar-refractivity contribution in [2.45, 2.75) is 64.6 Å². The second-order valence-corrected chi connectivity index (χ2v) is 6.91. The van der Waals surface area contributed by atoms with E-state index in [1.54, 1.807) is 13.0 Å². The summed E-state index contributed by atoms with van der Waals surface area (Å²) in [4.78, 5) is 25.6. The number of hydrogen-bond acceptors (Lipinski definition) is 4. The third-order valence-electron chi connectivity index (χ3n) is 3.81. The van der Waals surface area contributed by atoms with Gasteiger partial charge in [0.15, 0.2) is 0 Å². The molecular formula is C16H26N2O3. The predicted octanol–water partition coefficient (Wildman–Crippen LogP) is 1.63. The largest absolute Gasteiger partial charge is 0.490 e. The molecule has 1 N–H and O–H groups in total. The van der Waals surface area contributed by atoms with Crippen LogP contribution in [0.3, 0.4) is 0 Å². The Morgan fingerprint density at radius 3 is 2.71 bits per heavy atom. The number of carbonyl (C=O) groups is 2. The minimum Gasteiger partial charge on any atom is -0.490 e. The number of Topliss-reactive ketones (excluding diaryl/α,β-unsaturated/α-hetero) is 1. The van der Waals surface area contributed by atoms with Gasteiger partial charge >= 0.3 is 0 Å². The summed E-state index contributed by atoms with van der Waals surface area (Å²) in [6.45, 7) is 9.26. The molecule has 0 unspecified atom stereocenters. The third-order valence-corrected chi connectivity index (χ3v) is 3.81. The van der Waals surface area contributed by atoms with Crippen LogP contribution in [0.25, 0.3) is 0 Å². The second kappa shape index (κ2) is 6.18. The minimum atomic E-state index is -0.343. The van der Waals surface area contributed by atoms with E-state index in [1.165, 1.54) is 0 Å². The zero-order chi connectivity index (χ0) is 15.6. The summed E-state index contributed by atoms with van der Waals surface area (Å²) in [5.41, 5.74) is -0.343. The van der Waals surface area contributed by atoms with E-state index >= 15 is 0 Å². The summed E-state index contributed by atoms with van der Waals surface area (Å²) in [7, 11) is 0. The van der Waals surface area contributed by atoms with Crippen molar-refractivity contribution in [1.82, 2.24) is 10.2 Å². The van der Waals surface area contributed by atoms with Crippen LogP contribution in [0.15, 0.2) is 11.8 Å². The van der Waals surface area contributed by atoms with Crippen molar-refractivity contribution in [3.63, 3.8) is 0 Å². The van der Waals surface area contributed by atoms with E-state index in [0.29, 0.717) is 18.6 Å². The number of ether oxygens (including phenoxy) is 1. The molecule has 2 atom stereocenters. The average molecular weight is 294 g/mol. The molecule has 21 heavy (non-hydrogen) atoms. The molecule has 2 aliphatic heterocycles. The number of hydrogen-bond donors (Lipinski definition) is 1. The van der Waals surface area contributed by atoms with Crippen LogP contribution in [0.1, 0.15) is 47.0 Å². The van der Waals surface area contributed by atoms with Crippen molar-refractivity contribution < 1.29 is 14.3 Å². The maximum atomic E-state index is 12.4. The van der Waals surface area contributed by atoms with Gasteiger partial charge in [0.05, 0.1) is 6.04 Å². The van der Waals surface area contributed by atoms with Gasteiger partial charge in [0, 0.05) is 25.1 Å². The van der Waals surface area contributed by atoms with Gasteiger partial charge in [-0.25, -0.2) is 0 Å². The van der Waals surface area contributed by atoms with Crippen LogP contribution in [-0.2, 0) is 14.3 Å². The lowest BCUT2D eigenvalue weighted by atomic mass is 10.0. The first-order valence-corrected chi connectivity index (χ1v) is 7.71. The summed E-state index contributed by atoms with van der Waals surface area (Å²) < 4.78 is 5.97. The van der Waals surface area contributed by atoms with E-state index < -0.39 is 0 Å². The maximum Gasteiger partial charge on any atom is 0.250 e. The minimum absolute atomic E-state index is 0.0107. The zero-order valence-corrected chi connectivity index (χ0v) is 13.4. The van der Waals surface area contributed by atoms with Crippen molar-refractivity contribution in [3.8, 4) is 0 Å². The van der Waals surface area contributed by atoms with E-state index in [4.69, 9.17) is 4.74 Å². The molecule has 2 aliphatic rings. The first-order chi connectivity index (χ1) is 9.78. The number of rotatable bonds is 5. The van der Waals surface area contributed by atoms with Crippen LogP contribution in [-0.4, -0.2) is 47.4 Å². The van der Waals surface area contributed by atoms with E-state index in [1.807, 2.05) is 25.7 Å². The lowest BCUT2D eigenvalue weighted by molar-refractivity contribution is -0.129. The predicted molar refractivity (Wildman–Crippen MR) is 80.7 cm³/mol. The lowest BCUT2D eigenvalue weighted by Crippen LogP contribution is -2.45. The maximum absolute atomic E-state index is 12.4. The van der Waals surface area contributed by atoms with Gasteiger partial charge in [0.1, 0.15) is 17.1 Å². The Kier molecular flexibility index (Phi) is 4.71. The molecule has 1 saturated heterocycles. The Bertz CT molecular complexity index is 445. The molecule has 0 aliphatic carbocycles. The van der Waals surface area contributed by atoms with E-state index in [9.17, 15) is 9.59 Å². The molecule has 0 bridgehead atoms. The van der Waals surface area contributed by atoms with Crippen LogP contribution >= 0.6 is 0 Å². The SMILES string of the molecule is CC(=O)CC[C@H]1C(OC(C)(C)C)=CC(=O)N1[C@H]1CCNC1. The Morgan fingerprint density at radius 2 is 2.19 bits per heavy atom. The molecule has 118 valence electrons. The van der Waals surface area contributed by atoms with Crippen LogP contribution in [0.2, 0.25) is 0 Å². The van der Waals surface area contributed by atoms with Crippen molar-refractivity contribution in [2.75, 3.05) is 13.1 Å². The average Bonchev–Trinajstić information content (AvgIpc) is 2.92. The number of nitrogens with zero attached hydrogens (tertiary/aromatic N) is 1. The Balaban J connectivity index is 2.16. The fourth-order valence-corrected chi connectivity index (χ4v) is 2.97. The number of ketones is 1. The first kappa shape index (κ1) is 16.0. The molecule has 0 aromatic carbocycles. The smallest absolute Gasteiger partial charge is 0.250 e. The quantitative estimate of drug-likeness (QED) is 0.837. The van der Waals surface area contributed by atoms with Gasteiger partial charge in [-0.2, -0.15) is 0 Å². The van der Waals surface area contributed by atoms with Crippen molar-refractivity contribution >= 4 is 11.7 Å². The Hall–Kier alpha value is -1.36. The molecule has 0 saturated carbocycles. The fraction of sp³-hybridized carbons (Fsp3) is 0.750. The Labute approximate surface area is 126 Å². The second-order valence-electron chi connectivity index (χ2n) is 6.91. The summed E-state index contributed by atoms with van der Waals surface area (Å²) >= 11 is 0. The van der Waals surface area contributed by atoms with Crippen molar-refractivity contribution in [3.05, 3.63) is 11.8 Å². The molecule has 2 heterocycles. The topological polar surface area (TPSA) is 58.6 Å². The monoisotopic (exact) mass is 294 g/mol. The van der Waals surface area contributed by atoms with E-state index in [2.05, 4.69) is 5.32 Å². The number of amides is 1. The summed E-state index contributed by atoms with van der Waals surface area (Å²) in [6.07, 6.45) is 3.67. The Morgan fingerprint density at radius 1 is 1.48 bits per heavy atom. The van der Waals surface area contributed by atoms with Gasteiger partial charge in [-0.1, -0.05) is 0 Å². The third kappa shape index (κ3) is 4.06. The fourth-order valence-electron chi connectivity index (χ4n) is 2.97. The molecule has 1 amide bonds. The molecule has 0 radical (unpaired) electrons. The van der Waals surface area contributed by atoms with Gasteiger partial charge in [0.25, 0.3) is 5.91 Å². The van der Waals surface area contributed by atoms with Crippen LogP contribution < -0.4 is 5.32 Å². The molecular weight excluding hydrogens is 268 g/mol. The number of carbonyl (C=O) groups excluding carboxylic acids is 2. The highest BCUT2D eigenvalue weighted by Crippen LogP contribution is 2.31. The molecule has 0 aromatic heterocycles. The van der Waals surface area contributed by atoms with Crippen LogP contribution in [0.4, 0.5) is 0 Å². The van der Waals surface area contributed by atoms with Gasteiger partial charge in [-0.15, -0.1) is 0 Å². The van der Waals surface area contributed by atoms with Crippen LogP contribution in [0, 0.1) is 0 Å². The lowest BCUT2D eigenvalue weighted by Gasteiger charge is -2.33. The molecule has 2 rings (SSSR count). The summed E-state index contributed by atoms with van der Waals surface area (Å²) in [6, 6.07) is 0.0947. The normalized spacial score (nSPS) is 26.2. The van der Waals surface area contributed by atoms with E-state index in [0.717, 1.165) is 19.5 Å². The molecule has 5 heteroatoms. The highest BCUT2D eigenvalue weighted by Gasteiger charge is 2.40. The van der Waals surface area contributed by atoms with Gasteiger partial charge < -0.3 is 19.7 Å². The summed E-state index contributed by atoms with van der Waals surface area (Å²) in [5.74, 6) is 0.867. The highest BCUT2D eigenvalue weighted by molar-refractivity contribution is 5.92. The van der Waals surface area contributed by atoms with Crippen LogP contribution in [0.5, 0.6) is 0 Å². The molecule has 0 aromatic rings. The van der Waals surface area contributed by atoms with E-state index in [-0.39, 0.29) is 29.4 Å². The van der Waals surface area contributed by atoms with Crippen molar-refractivity contribution in [2.24, 2.45) is 0 Å². The van der Waals surface area contributed by atoms with Gasteiger partial charge in [-0.3, -0.25) is 4.79 Å². The molecule has 1 fully saturated rings.